The summed E-state index contributed by atoms with van der Waals surface area (Å²) in [7, 11) is 2.16. The van der Waals surface area contributed by atoms with Crippen LogP contribution in [0.15, 0.2) is 0 Å². The van der Waals surface area contributed by atoms with Gasteiger partial charge in [0.1, 0.15) is 12.1 Å². The molecule has 7 atom stereocenters. The number of fused-ring (bicyclic) bond motifs is 1. The molecule has 1 unspecified atom stereocenters. The number of hydrogen-bond donors (Lipinski definition) is 4. The van der Waals surface area contributed by atoms with Crippen molar-refractivity contribution in [1.29, 1.82) is 0 Å². The second-order valence-electron chi connectivity index (χ2n) is 19.0. The SMILES string of the molecule is CC(C)[C@@H](CN1C[C@@H](C)N(C)[C@@H](C)C1)NC(=O)N[C@H](C(=O)N1C[C@]2(C[C@H]1C(=O)NC(CC1CCC1)C(=O)C(N)=O)C(C)(C)C21CCC1)C(C)(C)C. The molecule has 5 rings (SSSR count). The summed E-state index contributed by atoms with van der Waals surface area (Å²) in [4.78, 5) is 74.4. The number of ketones is 1. The smallest absolute Gasteiger partial charge is 0.315 e. The number of nitrogens with one attached hydrogen (secondary N) is 3. The standard InChI is InChI=1S/C39H67N7O5/c1-23(2)28(21-45-19-24(3)44(10)25(4)20-45)42-35(51)43-31(36(5,6)7)34(50)46-22-39(37(8,9)38(39)15-12-16-38)18-29(46)33(49)41-27(30(47)32(40)48)17-26-13-11-14-26/h23-29,31H,11-22H2,1-10H3,(H2,40,48)(H,41,49)(H2,42,43,51)/t24-,25+,27?,28-,29+,31-,39-/m1/s1. The first-order chi connectivity index (χ1) is 23.7. The zero-order valence-corrected chi connectivity index (χ0v) is 33.1. The molecule has 12 heteroatoms. The highest BCUT2D eigenvalue weighted by Gasteiger charge is 2.85. The zero-order valence-electron chi connectivity index (χ0n) is 33.1. The lowest BCUT2D eigenvalue weighted by Crippen LogP contribution is -2.62. The summed E-state index contributed by atoms with van der Waals surface area (Å²) in [5.74, 6) is -2.17. The summed E-state index contributed by atoms with van der Waals surface area (Å²) in [5, 5.41) is 9.15. The molecule has 51 heavy (non-hydrogen) atoms. The molecular formula is C39H67N7O5. The van der Waals surface area contributed by atoms with Crippen LogP contribution in [0.25, 0.3) is 0 Å². The third-order valence-electron chi connectivity index (χ3n) is 14.5. The van der Waals surface area contributed by atoms with Crippen LogP contribution in [-0.4, -0.2) is 114 Å². The number of Topliss-reactive ketones (excluding diaryl/α,β-unsaturated/α-hetero) is 1. The number of carbonyl (C=O) groups excluding carboxylic acids is 5. The second-order valence-corrected chi connectivity index (χ2v) is 19.0. The quantitative estimate of drug-likeness (QED) is 0.226. The van der Waals surface area contributed by atoms with Gasteiger partial charge in [-0.3, -0.25) is 29.0 Å². The van der Waals surface area contributed by atoms with E-state index < -0.39 is 47.2 Å². The molecule has 2 heterocycles. The van der Waals surface area contributed by atoms with E-state index in [9.17, 15) is 24.0 Å². The van der Waals surface area contributed by atoms with Crippen molar-refractivity contribution in [2.75, 3.05) is 33.2 Å². The first kappa shape index (κ1) is 39.5. The van der Waals surface area contributed by atoms with Crippen molar-refractivity contribution in [3.05, 3.63) is 0 Å². The maximum atomic E-state index is 14.8. The number of carbonyl (C=O) groups is 5. The monoisotopic (exact) mass is 714 g/mol. The van der Waals surface area contributed by atoms with Crippen molar-refractivity contribution < 1.29 is 24.0 Å². The number of urea groups is 1. The molecule has 0 aromatic rings. The molecule has 2 spiro atoms. The summed E-state index contributed by atoms with van der Waals surface area (Å²) in [6.07, 6.45) is 7.04. The molecule has 12 nitrogen and oxygen atoms in total. The van der Waals surface area contributed by atoms with Crippen LogP contribution in [0.5, 0.6) is 0 Å². The largest absolute Gasteiger partial charge is 0.363 e. The minimum Gasteiger partial charge on any atom is -0.363 e. The fourth-order valence-corrected chi connectivity index (χ4v) is 10.3. The molecule has 0 radical (unpaired) electrons. The van der Waals surface area contributed by atoms with E-state index in [0.717, 1.165) is 51.6 Å². The number of likely N-dealkylation sites (tertiary alicyclic amines) is 1. The topological polar surface area (TPSA) is 157 Å². The summed E-state index contributed by atoms with van der Waals surface area (Å²) < 4.78 is 0. The lowest BCUT2D eigenvalue weighted by Gasteiger charge is -2.44. The Morgan fingerprint density at radius 3 is 1.96 bits per heavy atom. The van der Waals surface area contributed by atoms with Crippen molar-refractivity contribution in [2.24, 2.45) is 39.2 Å². The van der Waals surface area contributed by atoms with Gasteiger partial charge in [-0.2, -0.15) is 0 Å². The van der Waals surface area contributed by atoms with E-state index in [4.69, 9.17) is 5.73 Å². The Morgan fingerprint density at radius 1 is 0.902 bits per heavy atom. The zero-order chi connectivity index (χ0) is 37.8. The fraction of sp³-hybridized carbons (Fsp3) is 0.872. The number of nitrogens with zero attached hydrogens (tertiary/aromatic N) is 3. The Labute approximate surface area is 306 Å². The Bertz CT molecular complexity index is 1360. The van der Waals surface area contributed by atoms with E-state index >= 15 is 0 Å². The predicted octanol–water partition coefficient (Wildman–Crippen LogP) is 3.28. The van der Waals surface area contributed by atoms with E-state index in [-0.39, 0.29) is 40.0 Å². The average Bonchev–Trinajstić information content (AvgIpc) is 3.20. The van der Waals surface area contributed by atoms with E-state index in [1.165, 1.54) is 0 Å². The van der Waals surface area contributed by atoms with E-state index in [1.807, 2.05) is 20.8 Å². The third kappa shape index (κ3) is 7.17. The molecule has 3 aliphatic carbocycles. The number of nitrogens with two attached hydrogens (primary N) is 1. The minimum absolute atomic E-state index is 0.0622. The van der Waals surface area contributed by atoms with E-state index in [1.54, 1.807) is 4.90 Å². The molecule has 2 aliphatic heterocycles. The van der Waals surface area contributed by atoms with Gasteiger partial charge in [-0.15, -0.1) is 0 Å². The van der Waals surface area contributed by atoms with Crippen LogP contribution in [0.4, 0.5) is 4.79 Å². The Hall–Kier alpha value is -2.73. The lowest BCUT2D eigenvalue weighted by molar-refractivity contribution is -0.143. The number of amides is 5. The van der Waals surface area contributed by atoms with Crippen LogP contribution in [0.2, 0.25) is 0 Å². The summed E-state index contributed by atoms with van der Waals surface area (Å²) in [6, 6.07) is -2.46. The van der Waals surface area contributed by atoms with Gasteiger partial charge in [-0.1, -0.05) is 74.1 Å². The molecule has 5 fully saturated rings. The Kier molecular flexibility index (Phi) is 11.0. The number of hydrogen-bond acceptors (Lipinski definition) is 7. The first-order valence-corrected chi connectivity index (χ1v) is 19.6. The van der Waals surface area contributed by atoms with Crippen molar-refractivity contribution >= 4 is 29.5 Å². The second kappa shape index (κ2) is 14.3. The predicted molar refractivity (Wildman–Crippen MR) is 197 cm³/mol. The molecule has 2 saturated heterocycles. The van der Waals surface area contributed by atoms with Gasteiger partial charge >= 0.3 is 6.03 Å². The number of rotatable bonds is 12. The molecule has 0 aromatic heterocycles. The van der Waals surface area contributed by atoms with Crippen LogP contribution >= 0.6 is 0 Å². The summed E-state index contributed by atoms with van der Waals surface area (Å²) in [6.45, 7) is 21.9. The van der Waals surface area contributed by atoms with Gasteiger partial charge in [-0.25, -0.2) is 4.79 Å². The maximum Gasteiger partial charge on any atom is 0.315 e. The van der Waals surface area contributed by atoms with E-state index in [2.05, 4.69) is 74.3 Å². The molecule has 5 amide bonds. The Morgan fingerprint density at radius 2 is 1.51 bits per heavy atom. The van der Waals surface area contributed by atoms with Gasteiger partial charge in [0.15, 0.2) is 0 Å². The number of likely N-dealkylation sites (N-methyl/N-ethyl adjacent to an activating group) is 1. The molecule has 5 aliphatic rings. The highest BCUT2D eigenvalue weighted by molar-refractivity contribution is 6.37. The van der Waals surface area contributed by atoms with Crippen molar-refractivity contribution in [1.82, 2.24) is 30.7 Å². The van der Waals surface area contributed by atoms with Crippen molar-refractivity contribution in [3.8, 4) is 0 Å². The molecular weight excluding hydrogens is 646 g/mol. The summed E-state index contributed by atoms with van der Waals surface area (Å²) in [5.41, 5.74) is 4.52. The Balaban J connectivity index is 1.36. The highest BCUT2D eigenvalue weighted by atomic mass is 16.2. The maximum absolute atomic E-state index is 14.8. The van der Waals surface area contributed by atoms with Gasteiger partial charge in [0, 0.05) is 49.7 Å². The van der Waals surface area contributed by atoms with Crippen LogP contribution in [0, 0.1) is 33.5 Å². The average molecular weight is 714 g/mol. The molecule has 0 bridgehead atoms. The van der Waals surface area contributed by atoms with E-state index in [0.29, 0.717) is 38.0 Å². The van der Waals surface area contributed by atoms with Gasteiger partial charge in [-0.05, 0) is 74.7 Å². The van der Waals surface area contributed by atoms with Crippen LogP contribution in [-0.2, 0) is 19.2 Å². The highest BCUT2D eigenvalue weighted by Crippen LogP contribution is 2.88. The van der Waals surface area contributed by atoms with Crippen LogP contribution < -0.4 is 21.7 Å². The van der Waals surface area contributed by atoms with Gasteiger partial charge in [0.2, 0.25) is 17.6 Å². The van der Waals surface area contributed by atoms with Crippen LogP contribution in [0.3, 0.4) is 0 Å². The minimum atomic E-state index is -1.06. The van der Waals surface area contributed by atoms with Crippen molar-refractivity contribution in [3.63, 3.8) is 0 Å². The van der Waals surface area contributed by atoms with Gasteiger partial charge in [0.25, 0.3) is 5.91 Å². The normalized spacial score (nSPS) is 30.6. The first-order valence-electron chi connectivity index (χ1n) is 19.6. The van der Waals surface area contributed by atoms with Crippen LogP contribution in [0.1, 0.15) is 114 Å². The fourth-order valence-electron chi connectivity index (χ4n) is 10.3. The van der Waals surface area contributed by atoms with Gasteiger partial charge < -0.3 is 26.6 Å². The number of piperazine rings is 1. The lowest BCUT2D eigenvalue weighted by atomic mass is 9.73. The summed E-state index contributed by atoms with van der Waals surface area (Å²) >= 11 is 0. The molecule has 288 valence electrons. The number of primary amides is 1. The molecule has 0 aromatic carbocycles. The third-order valence-corrected chi connectivity index (χ3v) is 14.5. The molecule has 5 N–H and O–H groups in total. The molecule has 3 saturated carbocycles. The van der Waals surface area contributed by atoms with Gasteiger partial charge in [0.05, 0.1) is 6.04 Å². The van der Waals surface area contributed by atoms with Crippen molar-refractivity contribution in [2.45, 2.75) is 150 Å².